The lowest BCUT2D eigenvalue weighted by molar-refractivity contribution is -0.713. The molecule has 0 bridgehead atoms. The number of hydrogen-bond acceptors (Lipinski definition) is 1. The molecular formula is C18H26F2N3+. The largest absolute Gasteiger partial charge is 0.277 e. The van der Waals surface area contributed by atoms with Crippen LogP contribution in [0, 0.1) is 11.6 Å². The van der Waals surface area contributed by atoms with E-state index in [-0.39, 0.29) is 11.5 Å². The molecule has 0 saturated carbocycles. The van der Waals surface area contributed by atoms with Gasteiger partial charge >= 0.3 is 0 Å². The highest BCUT2D eigenvalue weighted by Crippen LogP contribution is 2.34. The minimum atomic E-state index is -0.551. The van der Waals surface area contributed by atoms with Crippen LogP contribution in [0.2, 0.25) is 0 Å². The zero-order valence-corrected chi connectivity index (χ0v) is 15.0. The molecule has 23 heavy (non-hydrogen) atoms. The maximum Gasteiger partial charge on any atom is 0.277 e. The average Bonchev–Trinajstić information content (AvgIpc) is 2.74. The summed E-state index contributed by atoms with van der Waals surface area (Å²) in [6.45, 7) is 12.0. The second kappa shape index (κ2) is 6.02. The first-order chi connectivity index (χ1) is 10.6. The Hall–Kier alpha value is -1.78. The van der Waals surface area contributed by atoms with Crippen LogP contribution in [0.4, 0.5) is 8.78 Å². The van der Waals surface area contributed by atoms with E-state index in [9.17, 15) is 8.78 Å². The van der Waals surface area contributed by atoms with Crippen molar-refractivity contribution in [2.24, 2.45) is 7.05 Å². The third kappa shape index (κ3) is 3.14. The molecule has 2 aromatic rings. The van der Waals surface area contributed by atoms with Gasteiger partial charge in [-0.05, 0) is 30.9 Å². The zero-order chi connectivity index (χ0) is 17.5. The second-order valence-corrected chi connectivity index (χ2v) is 7.24. The predicted molar refractivity (Wildman–Crippen MR) is 87.2 cm³/mol. The number of halogens is 2. The van der Waals surface area contributed by atoms with Gasteiger partial charge in [-0.1, -0.05) is 27.7 Å². The van der Waals surface area contributed by atoms with E-state index < -0.39 is 11.6 Å². The van der Waals surface area contributed by atoms with Crippen molar-refractivity contribution in [3.8, 4) is 11.4 Å². The smallest absolute Gasteiger partial charge is 0.225 e. The van der Waals surface area contributed by atoms with Gasteiger partial charge in [-0.15, -0.1) is 4.68 Å². The Bertz CT molecular complexity index is 725. The van der Waals surface area contributed by atoms with E-state index in [2.05, 4.69) is 5.10 Å². The Morgan fingerprint density at radius 3 is 2.30 bits per heavy atom. The number of nitrogens with zero attached hydrogens (tertiary/aromatic N) is 3. The number of rotatable bonds is 3. The molecule has 0 fully saturated rings. The van der Waals surface area contributed by atoms with Crippen LogP contribution in [0.25, 0.3) is 11.4 Å². The predicted octanol–water partition coefficient (Wildman–Crippen LogP) is 4.09. The maximum absolute atomic E-state index is 14.8. The molecule has 5 heteroatoms. The topological polar surface area (TPSA) is 21.7 Å². The van der Waals surface area contributed by atoms with Gasteiger partial charge in [0.15, 0.2) is 0 Å². The number of benzene rings is 1. The molecule has 0 aliphatic heterocycles. The highest BCUT2D eigenvalue weighted by Gasteiger charge is 2.33. The van der Waals surface area contributed by atoms with Crippen LogP contribution < -0.4 is 4.57 Å². The Morgan fingerprint density at radius 2 is 1.83 bits per heavy atom. The average molecular weight is 322 g/mol. The third-order valence-corrected chi connectivity index (χ3v) is 4.00. The van der Waals surface area contributed by atoms with Crippen molar-refractivity contribution in [3.05, 3.63) is 35.2 Å². The van der Waals surface area contributed by atoms with E-state index in [1.807, 2.05) is 53.2 Å². The van der Waals surface area contributed by atoms with Gasteiger partial charge in [-0.2, -0.15) is 0 Å². The number of hydrogen-bond donors (Lipinski definition) is 0. The van der Waals surface area contributed by atoms with E-state index in [4.69, 9.17) is 0 Å². The zero-order valence-electron chi connectivity index (χ0n) is 15.0. The molecule has 0 saturated heterocycles. The van der Waals surface area contributed by atoms with E-state index in [1.165, 1.54) is 6.07 Å². The molecule has 1 aromatic heterocycles. The lowest BCUT2D eigenvalue weighted by atomic mass is 9.83. The van der Waals surface area contributed by atoms with Crippen molar-refractivity contribution in [3.63, 3.8) is 0 Å². The van der Waals surface area contributed by atoms with Crippen molar-refractivity contribution in [1.82, 2.24) is 9.78 Å². The van der Waals surface area contributed by atoms with Crippen LogP contribution in [0.3, 0.4) is 0 Å². The molecule has 0 spiro atoms. The third-order valence-electron chi connectivity index (χ3n) is 4.00. The standard InChI is InChI=1S/C18H26F2N3/c1-8-15-21-22(7)17(23(15)11(2)3)16-13(18(4,5)6)9-12(19)10-14(16)20/h9-11H,8H2,1-7H3/q+1. The fourth-order valence-corrected chi connectivity index (χ4v) is 3.01. The number of aromatic nitrogens is 3. The van der Waals surface area contributed by atoms with E-state index >= 15 is 0 Å². The highest BCUT2D eigenvalue weighted by molar-refractivity contribution is 5.61. The molecule has 0 radical (unpaired) electrons. The summed E-state index contributed by atoms with van der Waals surface area (Å²) in [5, 5.41) is 4.53. The second-order valence-electron chi connectivity index (χ2n) is 7.24. The summed E-state index contributed by atoms with van der Waals surface area (Å²) in [7, 11) is 1.81. The monoisotopic (exact) mass is 322 g/mol. The summed E-state index contributed by atoms with van der Waals surface area (Å²) in [5.74, 6) is 0.473. The van der Waals surface area contributed by atoms with Crippen molar-refractivity contribution in [2.45, 2.75) is 59.4 Å². The van der Waals surface area contributed by atoms with Gasteiger partial charge in [0.05, 0.1) is 18.7 Å². The lowest BCUT2D eigenvalue weighted by Gasteiger charge is -2.23. The molecule has 2 rings (SSSR count). The summed E-state index contributed by atoms with van der Waals surface area (Å²) < 4.78 is 32.3. The van der Waals surface area contributed by atoms with Gasteiger partial charge in [0.1, 0.15) is 11.6 Å². The molecular weight excluding hydrogens is 296 g/mol. The van der Waals surface area contributed by atoms with E-state index in [0.717, 1.165) is 18.3 Å². The Balaban J connectivity index is 2.90. The molecule has 0 aliphatic carbocycles. The molecule has 1 aromatic carbocycles. The van der Waals surface area contributed by atoms with Gasteiger partial charge in [0, 0.05) is 17.6 Å². The summed E-state index contributed by atoms with van der Waals surface area (Å²) in [6.07, 6.45) is 0.750. The van der Waals surface area contributed by atoms with Gasteiger partial charge < -0.3 is 0 Å². The quantitative estimate of drug-likeness (QED) is 0.780. The first-order valence-corrected chi connectivity index (χ1v) is 8.05. The van der Waals surface area contributed by atoms with Crippen LogP contribution in [-0.2, 0) is 18.9 Å². The maximum atomic E-state index is 14.8. The van der Waals surface area contributed by atoms with Gasteiger partial charge in [0.25, 0.3) is 11.6 Å². The molecule has 0 aliphatic rings. The first-order valence-electron chi connectivity index (χ1n) is 8.05. The normalized spacial score (nSPS) is 12.3. The number of aryl methyl sites for hydroxylation is 2. The minimum absolute atomic E-state index is 0.130. The molecule has 126 valence electrons. The molecule has 0 atom stereocenters. The van der Waals surface area contributed by atoms with Gasteiger partial charge in [-0.3, -0.25) is 0 Å². The van der Waals surface area contributed by atoms with Gasteiger partial charge in [0.2, 0.25) is 0 Å². The highest BCUT2D eigenvalue weighted by atomic mass is 19.1. The lowest BCUT2D eigenvalue weighted by Crippen LogP contribution is -2.41. The summed E-state index contributed by atoms with van der Waals surface area (Å²) in [5.41, 5.74) is 0.696. The van der Waals surface area contributed by atoms with Gasteiger partial charge in [-0.25, -0.2) is 13.3 Å². The molecule has 0 N–H and O–H groups in total. The molecule has 0 unspecified atom stereocenters. The summed E-state index contributed by atoms with van der Waals surface area (Å²) in [4.78, 5) is 0. The van der Waals surface area contributed by atoms with Crippen LogP contribution >= 0.6 is 0 Å². The van der Waals surface area contributed by atoms with Crippen molar-refractivity contribution in [1.29, 1.82) is 0 Å². The summed E-state index contributed by atoms with van der Waals surface area (Å²) >= 11 is 0. The van der Waals surface area contributed by atoms with Crippen molar-refractivity contribution < 1.29 is 13.3 Å². The van der Waals surface area contributed by atoms with E-state index in [0.29, 0.717) is 17.0 Å². The van der Waals surface area contributed by atoms with Crippen LogP contribution in [0.5, 0.6) is 0 Å². The molecule has 0 amide bonds. The Kier molecular flexibility index (Phi) is 4.60. The van der Waals surface area contributed by atoms with Crippen molar-refractivity contribution >= 4 is 0 Å². The Labute approximate surface area is 137 Å². The van der Waals surface area contributed by atoms with Crippen LogP contribution in [0.1, 0.15) is 59.0 Å². The minimum Gasteiger partial charge on any atom is -0.225 e. The molecule has 1 heterocycles. The SMILES string of the molecule is CCc1nn(C)c(-c2c(F)cc(F)cc2C(C)(C)C)[n+]1C(C)C. The van der Waals surface area contributed by atoms with Crippen LogP contribution in [0.15, 0.2) is 12.1 Å². The first kappa shape index (κ1) is 17.6. The fourth-order valence-electron chi connectivity index (χ4n) is 3.01. The van der Waals surface area contributed by atoms with Crippen molar-refractivity contribution in [2.75, 3.05) is 0 Å². The Morgan fingerprint density at radius 1 is 1.22 bits per heavy atom. The van der Waals surface area contributed by atoms with Crippen LogP contribution in [-0.4, -0.2) is 9.78 Å². The summed E-state index contributed by atoms with van der Waals surface area (Å²) in [6, 6.07) is 2.51. The molecule has 3 nitrogen and oxygen atoms in total. The fraction of sp³-hybridized carbons (Fsp3) is 0.556. The van der Waals surface area contributed by atoms with E-state index in [1.54, 1.807) is 4.68 Å².